The second-order valence-electron chi connectivity index (χ2n) is 9.67. The first-order chi connectivity index (χ1) is 17.1. The van der Waals surface area contributed by atoms with Gasteiger partial charge in [-0.05, 0) is 66.3 Å². The second kappa shape index (κ2) is 8.92. The molecule has 3 aromatic rings. The van der Waals surface area contributed by atoms with Crippen LogP contribution in [0.15, 0.2) is 72.8 Å². The van der Waals surface area contributed by atoms with Crippen LogP contribution in [0.2, 0.25) is 0 Å². The molecule has 3 aromatic carbocycles. The molecule has 0 unspecified atom stereocenters. The smallest absolute Gasteiger partial charge is 0.376 e. The summed E-state index contributed by atoms with van der Waals surface area (Å²) in [5.41, 5.74) is -0.454. The minimum Gasteiger partial charge on any atom is -0.376 e. The highest BCUT2D eigenvalue weighted by atomic mass is 19.4. The summed E-state index contributed by atoms with van der Waals surface area (Å²) in [6.07, 6.45) is -7.40. The molecule has 8 heteroatoms. The van der Waals surface area contributed by atoms with Gasteiger partial charge in [-0.25, -0.2) is 0 Å². The molecule has 0 spiro atoms. The van der Waals surface area contributed by atoms with Gasteiger partial charge in [0.05, 0.1) is 29.9 Å². The van der Waals surface area contributed by atoms with E-state index in [0.29, 0.717) is 6.42 Å². The Morgan fingerprint density at radius 3 is 2.11 bits per heavy atom. The summed E-state index contributed by atoms with van der Waals surface area (Å²) in [6.45, 7) is 0.616. The Hall–Kier alpha value is -2.84. The molecule has 0 radical (unpaired) electrons. The summed E-state index contributed by atoms with van der Waals surface area (Å²) in [6, 6.07) is 19.7. The predicted molar refractivity (Wildman–Crippen MR) is 123 cm³/mol. The van der Waals surface area contributed by atoms with E-state index >= 15 is 0 Å². The zero-order chi connectivity index (χ0) is 25.6. The topological polar surface area (TPSA) is 21.3 Å². The summed E-state index contributed by atoms with van der Waals surface area (Å²) in [4.78, 5) is 0. The van der Waals surface area contributed by atoms with E-state index in [1.165, 1.54) is 0 Å². The van der Waals surface area contributed by atoms with Crippen molar-refractivity contribution in [2.75, 3.05) is 13.2 Å². The Balaban J connectivity index is 1.48. The fourth-order valence-electron chi connectivity index (χ4n) is 6.03. The van der Waals surface area contributed by atoms with E-state index in [1.54, 1.807) is 0 Å². The van der Waals surface area contributed by atoms with Crippen LogP contribution in [0.25, 0.3) is 0 Å². The minimum atomic E-state index is -4.89. The number of benzene rings is 3. The van der Waals surface area contributed by atoms with Gasteiger partial charge in [-0.2, -0.15) is 26.3 Å². The number of hydrogen-bond donors (Lipinski definition) is 1. The van der Waals surface area contributed by atoms with Crippen molar-refractivity contribution >= 4 is 0 Å². The van der Waals surface area contributed by atoms with Crippen LogP contribution >= 0.6 is 0 Å². The third-order valence-corrected chi connectivity index (χ3v) is 7.47. The molecule has 1 aliphatic carbocycles. The van der Waals surface area contributed by atoms with Crippen LogP contribution in [0, 0.1) is 5.41 Å². The number of nitrogens with one attached hydrogen (secondary N) is 1. The molecule has 2 aliphatic rings. The zero-order valence-electron chi connectivity index (χ0n) is 19.3. The van der Waals surface area contributed by atoms with Gasteiger partial charge < -0.3 is 10.1 Å². The van der Waals surface area contributed by atoms with Gasteiger partial charge in [-0.15, -0.1) is 0 Å². The van der Waals surface area contributed by atoms with E-state index in [4.69, 9.17) is 4.74 Å². The highest BCUT2D eigenvalue weighted by Gasteiger charge is 2.59. The fourth-order valence-corrected chi connectivity index (χ4v) is 6.03. The molecule has 190 valence electrons. The highest BCUT2D eigenvalue weighted by molar-refractivity contribution is 5.51. The molecule has 2 nitrogen and oxygen atoms in total. The van der Waals surface area contributed by atoms with Gasteiger partial charge in [0, 0.05) is 5.41 Å². The first-order valence-electron chi connectivity index (χ1n) is 11.8. The summed E-state index contributed by atoms with van der Waals surface area (Å²) in [5, 5.41) is 3.74. The monoisotopic (exact) mass is 505 g/mol. The van der Waals surface area contributed by atoms with E-state index in [1.807, 2.05) is 30.3 Å². The van der Waals surface area contributed by atoms with Gasteiger partial charge in [0.1, 0.15) is 0 Å². The molecule has 36 heavy (non-hydrogen) atoms. The van der Waals surface area contributed by atoms with Crippen LogP contribution in [-0.4, -0.2) is 13.2 Å². The number of piperidine rings is 1. The second-order valence-corrected chi connectivity index (χ2v) is 9.67. The molecule has 0 amide bonds. The average molecular weight is 506 g/mol. The normalized spacial score (nSPS) is 23.8. The van der Waals surface area contributed by atoms with Crippen molar-refractivity contribution in [1.29, 1.82) is 0 Å². The Morgan fingerprint density at radius 2 is 1.44 bits per heavy atom. The van der Waals surface area contributed by atoms with Crippen LogP contribution in [-0.2, 0) is 35.7 Å². The molecule has 0 saturated carbocycles. The molecule has 2 atom stereocenters. The van der Waals surface area contributed by atoms with E-state index in [2.05, 4.69) is 29.6 Å². The molecule has 0 bridgehead atoms. The van der Waals surface area contributed by atoms with Gasteiger partial charge in [-0.1, -0.05) is 54.6 Å². The quantitative estimate of drug-likeness (QED) is 0.373. The van der Waals surface area contributed by atoms with Gasteiger partial charge in [0.2, 0.25) is 0 Å². The number of fused-ring (bicyclic) bond motifs is 3. The fraction of sp³-hybridized carbons (Fsp3) is 0.357. The number of hydrogen-bond acceptors (Lipinski definition) is 2. The summed E-state index contributed by atoms with van der Waals surface area (Å²) >= 11 is 0. The average Bonchev–Trinajstić information content (AvgIpc) is 3.14. The lowest BCUT2D eigenvalue weighted by Gasteiger charge is -2.51. The van der Waals surface area contributed by atoms with Crippen LogP contribution in [0.4, 0.5) is 26.3 Å². The SMILES string of the molecule is FC(F)(F)c1cc(COC[C@@]23CCCN[C@]2(c2ccccc2)c2ccccc2C3)cc(C(F)(F)F)c1. The first kappa shape index (κ1) is 24.8. The highest BCUT2D eigenvalue weighted by Crippen LogP contribution is 2.58. The van der Waals surface area contributed by atoms with Crippen molar-refractivity contribution in [3.8, 4) is 0 Å². The molecule has 1 N–H and O–H groups in total. The standard InChI is InChI=1S/C28H25F6NO/c29-27(30,31)22-13-19(14-23(15-22)28(32,33)34)17-36-18-25-11-6-12-35-26(25,21-8-2-1-3-9-21)24-10-5-4-7-20(24)16-25/h1-5,7-10,13-15,35H,6,11-12,16-18H2/t25-,26+/m0/s1. The van der Waals surface area contributed by atoms with Gasteiger partial charge in [0.25, 0.3) is 0 Å². The Bertz CT molecular complexity index is 1210. The largest absolute Gasteiger partial charge is 0.416 e. The van der Waals surface area contributed by atoms with Crippen molar-refractivity contribution < 1.29 is 31.1 Å². The summed E-state index contributed by atoms with van der Waals surface area (Å²) < 4.78 is 85.8. The lowest BCUT2D eigenvalue weighted by molar-refractivity contribution is -0.143. The van der Waals surface area contributed by atoms with Crippen LogP contribution < -0.4 is 5.32 Å². The Morgan fingerprint density at radius 1 is 0.806 bits per heavy atom. The Labute approximate surface area is 205 Å². The molecule has 0 aromatic heterocycles. The maximum Gasteiger partial charge on any atom is 0.416 e. The molecular formula is C28H25F6NO. The maximum absolute atomic E-state index is 13.3. The van der Waals surface area contributed by atoms with Crippen molar-refractivity contribution in [2.45, 2.75) is 43.8 Å². The maximum atomic E-state index is 13.3. The Kier molecular flexibility index (Phi) is 6.16. The van der Waals surface area contributed by atoms with Crippen molar-refractivity contribution in [3.63, 3.8) is 0 Å². The molecule has 1 fully saturated rings. The van der Waals surface area contributed by atoms with E-state index in [-0.39, 0.29) is 24.8 Å². The third-order valence-electron chi connectivity index (χ3n) is 7.47. The summed E-state index contributed by atoms with van der Waals surface area (Å²) in [5.74, 6) is 0. The number of alkyl halides is 6. The van der Waals surface area contributed by atoms with Gasteiger partial charge in [-0.3, -0.25) is 0 Å². The van der Waals surface area contributed by atoms with E-state index in [0.717, 1.165) is 48.2 Å². The van der Waals surface area contributed by atoms with Gasteiger partial charge >= 0.3 is 12.4 Å². The third kappa shape index (κ3) is 4.20. The molecule has 1 heterocycles. The lowest BCUT2D eigenvalue weighted by atomic mass is 9.62. The van der Waals surface area contributed by atoms with Crippen LogP contribution in [0.5, 0.6) is 0 Å². The number of halogens is 6. The van der Waals surface area contributed by atoms with Crippen molar-refractivity contribution in [2.24, 2.45) is 5.41 Å². The van der Waals surface area contributed by atoms with E-state index in [9.17, 15) is 26.3 Å². The van der Waals surface area contributed by atoms with Crippen molar-refractivity contribution in [3.05, 3.63) is 106 Å². The minimum absolute atomic E-state index is 0.140. The molecule has 1 aliphatic heterocycles. The zero-order valence-corrected chi connectivity index (χ0v) is 19.3. The van der Waals surface area contributed by atoms with Gasteiger partial charge in [0.15, 0.2) is 0 Å². The lowest BCUT2D eigenvalue weighted by Crippen LogP contribution is -2.59. The molecule has 5 rings (SSSR count). The molecular weight excluding hydrogens is 480 g/mol. The van der Waals surface area contributed by atoms with E-state index < -0.39 is 34.4 Å². The number of rotatable bonds is 5. The van der Waals surface area contributed by atoms with Crippen LogP contribution in [0.3, 0.4) is 0 Å². The predicted octanol–water partition coefficient (Wildman–Crippen LogP) is 7.11. The number of ether oxygens (including phenoxy) is 1. The summed E-state index contributed by atoms with van der Waals surface area (Å²) in [7, 11) is 0. The molecule has 1 saturated heterocycles. The first-order valence-corrected chi connectivity index (χ1v) is 11.8. The van der Waals surface area contributed by atoms with Crippen molar-refractivity contribution in [1.82, 2.24) is 5.32 Å². The van der Waals surface area contributed by atoms with Crippen LogP contribution in [0.1, 0.15) is 46.2 Å².